The molecule has 0 unspecified atom stereocenters. The summed E-state index contributed by atoms with van der Waals surface area (Å²) in [5.41, 5.74) is 0.553. The predicted octanol–water partition coefficient (Wildman–Crippen LogP) is 4.04. The highest BCUT2D eigenvalue weighted by atomic mass is 16.9. The fraction of sp³-hybridized carbons (Fsp3) is 0.692. The lowest BCUT2D eigenvalue weighted by molar-refractivity contribution is -0.250. The number of ether oxygens (including phenoxy) is 6. The van der Waals surface area contributed by atoms with Crippen LogP contribution < -0.4 is 4.74 Å². The van der Waals surface area contributed by atoms with Crippen molar-refractivity contribution in [2.75, 3.05) is 0 Å². The van der Waals surface area contributed by atoms with E-state index in [1.54, 1.807) is 24.3 Å². The maximum atomic E-state index is 13.3. The number of ketones is 1. The van der Waals surface area contributed by atoms with Crippen LogP contribution in [0.2, 0.25) is 0 Å². The summed E-state index contributed by atoms with van der Waals surface area (Å²) < 4.78 is 37.7. The number of esters is 1. The van der Waals surface area contributed by atoms with Crippen molar-refractivity contribution in [2.45, 2.75) is 113 Å². The summed E-state index contributed by atoms with van der Waals surface area (Å²) in [6.45, 7) is 1.49. The van der Waals surface area contributed by atoms with Crippen molar-refractivity contribution in [3.05, 3.63) is 29.8 Å². The molecule has 5 atom stereocenters. The highest BCUT2D eigenvalue weighted by Gasteiger charge is 2.65. The van der Waals surface area contributed by atoms with Gasteiger partial charge in [0.05, 0.1) is 0 Å². The molecule has 0 aromatic heterocycles. The SMILES string of the molecule is CC(=O)c1ccc(OC(=O)[C@@H]2O[C@@H]3OC4(CCCCC4)O[C@@H]3[C@H]3OC4(CCCCC4)O[C@H]32)cc1. The van der Waals surface area contributed by atoms with Crippen molar-refractivity contribution in [3.8, 4) is 5.75 Å². The smallest absolute Gasteiger partial charge is 0.343 e. The zero-order valence-electron chi connectivity index (χ0n) is 19.5. The average Bonchev–Trinajstić information content (AvgIpc) is 3.37. The van der Waals surface area contributed by atoms with Crippen molar-refractivity contribution in [1.82, 2.24) is 0 Å². The van der Waals surface area contributed by atoms with Gasteiger partial charge in [-0.25, -0.2) is 4.79 Å². The van der Waals surface area contributed by atoms with E-state index in [4.69, 9.17) is 28.4 Å². The minimum Gasteiger partial charge on any atom is -0.425 e. The monoisotopic (exact) mass is 472 g/mol. The Morgan fingerprint density at radius 3 is 1.94 bits per heavy atom. The second kappa shape index (κ2) is 8.68. The Bertz CT molecular complexity index is 931. The standard InChI is InChI=1S/C26H32O8/c1-16(27)17-8-10-18(11-9-17)29-23(28)21-19-20(32-25(31-19)12-4-2-5-13-25)22-24(30-21)34-26(33-22)14-6-3-7-15-26/h8-11,19-22,24H,2-7,12-15H2,1H3/t19-,20+,21-,22-,24-/m1/s1. The quantitative estimate of drug-likeness (QED) is 0.370. The third kappa shape index (κ3) is 3.99. The van der Waals surface area contributed by atoms with Crippen LogP contribution in [0.4, 0.5) is 0 Å². The van der Waals surface area contributed by atoms with Crippen LogP contribution in [0.15, 0.2) is 24.3 Å². The van der Waals surface area contributed by atoms with E-state index in [9.17, 15) is 9.59 Å². The van der Waals surface area contributed by atoms with Crippen LogP contribution in [0.5, 0.6) is 5.75 Å². The number of hydrogen-bond donors (Lipinski definition) is 0. The molecule has 8 heteroatoms. The van der Waals surface area contributed by atoms with Gasteiger partial charge in [-0.05, 0) is 56.9 Å². The topological polar surface area (TPSA) is 89.5 Å². The largest absolute Gasteiger partial charge is 0.425 e. The number of fused-ring (bicyclic) bond motifs is 3. The lowest BCUT2D eigenvalue weighted by Gasteiger charge is -2.35. The normalized spacial score (nSPS) is 35.6. The zero-order chi connectivity index (χ0) is 23.3. The van der Waals surface area contributed by atoms with Crippen molar-refractivity contribution in [3.63, 3.8) is 0 Å². The lowest BCUT2D eigenvalue weighted by atomic mass is 9.94. The molecule has 3 saturated heterocycles. The first-order valence-electron chi connectivity index (χ1n) is 12.7. The lowest BCUT2D eigenvalue weighted by Crippen LogP contribution is -2.58. The van der Waals surface area contributed by atoms with Crippen molar-refractivity contribution in [1.29, 1.82) is 0 Å². The Balaban J connectivity index is 1.25. The second-order valence-electron chi connectivity index (χ2n) is 10.2. The number of carbonyl (C=O) groups is 2. The van der Waals surface area contributed by atoms with Gasteiger partial charge in [-0.2, -0.15) is 0 Å². The third-order valence-electron chi connectivity index (χ3n) is 7.82. The molecule has 34 heavy (non-hydrogen) atoms. The molecule has 2 spiro atoms. The predicted molar refractivity (Wildman–Crippen MR) is 118 cm³/mol. The molecule has 8 nitrogen and oxygen atoms in total. The molecule has 0 N–H and O–H groups in total. The summed E-state index contributed by atoms with van der Waals surface area (Å²) in [6, 6.07) is 6.49. The highest BCUT2D eigenvalue weighted by molar-refractivity contribution is 5.94. The van der Waals surface area contributed by atoms with E-state index in [2.05, 4.69) is 0 Å². The summed E-state index contributed by atoms with van der Waals surface area (Å²) in [6.07, 6.45) is 6.39. The van der Waals surface area contributed by atoms with Gasteiger partial charge in [-0.3, -0.25) is 4.79 Å². The molecular weight excluding hydrogens is 440 g/mol. The Kier molecular flexibility index (Phi) is 5.77. The Morgan fingerprint density at radius 1 is 0.765 bits per heavy atom. The molecule has 5 fully saturated rings. The van der Waals surface area contributed by atoms with E-state index in [1.165, 1.54) is 6.92 Å². The average molecular weight is 473 g/mol. The van der Waals surface area contributed by atoms with Crippen LogP contribution in [0, 0.1) is 0 Å². The van der Waals surface area contributed by atoms with Gasteiger partial charge in [0.25, 0.3) is 0 Å². The molecule has 1 aromatic carbocycles. The second-order valence-corrected chi connectivity index (χ2v) is 10.2. The van der Waals surface area contributed by atoms with Crippen molar-refractivity contribution < 1.29 is 38.0 Å². The van der Waals surface area contributed by atoms with Crippen LogP contribution in [0.25, 0.3) is 0 Å². The molecule has 0 amide bonds. The maximum Gasteiger partial charge on any atom is 0.343 e. The molecule has 5 aliphatic rings. The van der Waals surface area contributed by atoms with Gasteiger partial charge in [-0.1, -0.05) is 12.8 Å². The number of Topliss-reactive ketones (excluding diaryl/α,β-unsaturated/α-hetero) is 1. The Labute approximate surface area is 199 Å². The highest BCUT2D eigenvalue weighted by Crippen LogP contribution is 2.51. The van der Waals surface area contributed by atoms with Gasteiger partial charge in [-0.15, -0.1) is 0 Å². The summed E-state index contributed by atoms with van der Waals surface area (Å²) in [4.78, 5) is 24.9. The molecular formula is C26H32O8. The van der Waals surface area contributed by atoms with Gasteiger partial charge >= 0.3 is 5.97 Å². The molecule has 3 aliphatic heterocycles. The summed E-state index contributed by atoms with van der Waals surface area (Å²) in [5.74, 6) is -1.65. The Morgan fingerprint density at radius 2 is 1.32 bits per heavy atom. The fourth-order valence-corrected chi connectivity index (χ4v) is 6.08. The van der Waals surface area contributed by atoms with Gasteiger partial charge < -0.3 is 28.4 Å². The fourth-order valence-electron chi connectivity index (χ4n) is 6.08. The summed E-state index contributed by atoms with van der Waals surface area (Å²) in [7, 11) is 0. The molecule has 3 heterocycles. The molecule has 6 rings (SSSR count). The minimum atomic E-state index is -0.998. The number of hydrogen-bond acceptors (Lipinski definition) is 8. The van der Waals surface area contributed by atoms with Crippen LogP contribution in [0.3, 0.4) is 0 Å². The van der Waals surface area contributed by atoms with Crippen LogP contribution in [-0.2, 0) is 28.5 Å². The third-order valence-corrected chi connectivity index (χ3v) is 7.82. The van der Waals surface area contributed by atoms with Gasteiger partial charge in [0.2, 0.25) is 0 Å². The van der Waals surface area contributed by atoms with E-state index in [-0.39, 0.29) is 5.78 Å². The minimum absolute atomic E-state index is 0.0494. The maximum absolute atomic E-state index is 13.3. The van der Waals surface area contributed by atoms with E-state index in [0.29, 0.717) is 11.3 Å². The van der Waals surface area contributed by atoms with Gasteiger partial charge in [0.15, 0.2) is 29.8 Å². The van der Waals surface area contributed by atoms with E-state index in [1.807, 2.05) is 0 Å². The van der Waals surface area contributed by atoms with E-state index >= 15 is 0 Å². The van der Waals surface area contributed by atoms with Crippen LogP contribution in [0.1, 0.15) is 81.5 Å². The number of rotatable bonds is 3. The first-order chi connectivity index (χ1) is 16.5. The number of benzene rings is 1. The summed E-state index contributed by atoms with van der Waals surface area (Å²) in [5, 5.41) is 0. The van der Waals surface area contributed by atoms with Crippen LogP contribution >= 0.6 is 0 Å². The van der Waals surface area contributed by atoms with Gasteiger partial charge in [0.1, 0.15) is 24.1 Å². The van der Waals surface area contributed by atoms with Crippen molar-refractivity contribution in [2.24, 2.45) is 0 Å². The molecule has 2 aliphatic carbocycles. The molecule has 0 bridgehead atoms. The van der Waals surface area contributed by atoms with Crippen LogP contribution in [-0.4, -0.2) is 54.0 Å². The van der Waals surface area contributed by atoms with Gasteiger partial charge in [0, 0.05) is 31.2 Å². The molecule has 0 radical (unpaired) electrons. The molecule has 2 saturated carbocycles. The number of carbonyl (C=O) groups excluding carboxylic acids is 2. The zero-order valence-corrected chi connectivity index (χ0v) is 19.5. The first-order valence-corrected chi connectivity index (χ1v) is 12.7. The van der Waals surface area contributed by atoms with Crippen molar-refractivity contribution >= 4 is 11.8 Å². The molecule has 1 aromatic rings. The molecule has 184 valence electrons. The summed E-state index contributed by atoms with van der Waals surface area (Å²) >= 11 is 0. The van der Waals surface area contributed by atoms with E-state index in [0.717, 1.165) is 64.2 Å². The Hall–Kier alpha value is -1.84. The van der Waals surface area contributed by atoms with E-state index < -0.39 is 48.2 Å². The first kappa shape index (κ1) is 22.6.